The second kappa shape index (κ2) is 9.44. The molecule has 0 spiro atoms. The van der Waals surface area contributed by atoms with Crippen LogP contribution in [0.1, 0.15) is 34.1 Å². The number of aromatic carboxylic acids is 1. The summed E-state index contributed by atoms with van der Waals surface area (Å²) in [4.78, 5) is 32.8. The molecule has 1 saturated heterocycles. The van der Waals surface area contributed by atoms with Gasteiger partial charge in [-0.3, -0.25) is 15.0 Å². The molecule has 9 nitrogen and oxygen atoms in total. The van der Waals surface area contributed by atoms with Gasteiger partial charge in [0, 0.05) is 43.2 Å². The van der Waals surface area contributed by atoms with Gasteiger partial charge in [-0.15, -0.1) is 0 Å². The monoisotopic (exact) mass is 474 g/mol. The molecular weight excluding hydrogens is 448 g/mol. The second-order valence-corrected chi connectivity index (χ2v) is 8.71. The van der Waals surface area contributed by atoms with E-state index < -0.39 is 5.97 Å². The van der Waals surface area contributed by atoms with Crippen molar-refractivity contribution in [2.24, 2.45) is 0 Å². The lowest BCUT2D eigenvalue weighted by Crippen LogP contribution is -2.36. The maximum absolute atomic E-state index is 12.3. The summed E-state index contributed by atoms with van der Waals surface area (Å²) in [5.74, 6) is -0.984. The van der Waals surface area contributed by atoms with Crippen LogP contribution in [0.25, 0.3) is 22.6 Å². The summed E-state index contributed by atoms with van der Waals surface area (Å²) >= 11 is 0. The third-order valence-electron chi connectivity index (χ3n) is 6.62. The Kier molecular flexibility index (Phi) is 6.19. The lowest BCUT2D eigenvalue weighted by atomic mass is 9.92. The molecule has 3 aromatic rings. The number of fused-ring (bicyclic) bond motifs is 2. The molecule has 1 fully saturated rings. The molecule has 2 aliphatic heterocycles. The average molecular weight is 475 g/mol. The Labute approximate surface area is 202 Å². The lowest BCUT2D eigenvalue weighted by Gasteiger charge is -2.31. The SMILES string of the molecule is CCN1C/C(=C/c2ccc(N3CCOCC3)c([N+](=O)[O-])c2)c2nc3ccccc3c(C(=O)O)c2C1. The van der Waals surface area contributed by atoms with Crippen LogP contribution in [0.15, 0.2) is 42.5 Å². The van der Waals surface area contributed by atoms with Gasteiger partial charge in [0.2, 0.25) is 0 Å². The van der Waals surface area contributed by atoms with Gasteiger partial charge in [-0.25, -0.2) is 9.78 Å². The molecule has 5 rings (SSSR count). The Morgan fingerprint density at radius 3 is 2.69 bits per heavy atom. The number of nitrogens with zero attached hydrogens (tertiary/aromatic N) is 4. The molecule has 0 bridgehead atoms. The first-order valence-corrected chi connectivity index (χ1v) is 11.7. The molecule has 0 unspecified atom stereocenters. The van der Waals surface area contributed by atoms with Crippen molar-refractivity contribution in [3.63, 3.8) is 0 Å². The molecule has 0 saturated carbocycles. The van der Waals surface area contributed by atoms with E-state index in [1.807, 2.05) is 42.2 Å². The molecule has 0 radical (unpaired) electrons. The fourth-order valence-corrected chi connectivity index (χ4v) is 4.90. The minimum Gasteiger partial charge on any atom is -0.478 e. The molecule has 3 heterocycles. The summed E-state index contributed by atoms with van der Waals surface area (Å²) in [6.45, 7) is 6.12. The van der Waals surface area contributed by atoms with Crippen molar-refractivity contribution in [1.29, 1.82) is 0 Å². The second-order valence-electron chi connectivity index (χ2n) is 8.71. The largest absolute Gasteiger partial charge is 0.478 e. The molecule has 1 N–H and O–H groups in total. The number of aromatic nitrogens is 1. The van der Waals surface area contributed by atoms with E-state index in [0.29, 0.717) is 72.8 Å². The normalized spacial score (nSPS) is 17.5. The Hall–Kier alpha value is -3.82. The van der Waals surface area contributed by atoms with E-state index in [9.17, 15) is 20.0 Å². The number of anilines is 1. The summed E-state index contributed by atoms with van der Waals surface area (Å²) in [6.07, 6.45) is 1.89. The van der Waals surface area contributed by atoms with Gasteiger partial charge in [0.15, 0.2) is 0 Å². The van der Waals surface area contributed by atoms with Crippen LogP contribution < -0.4 is 4.90 Å². The number of pyridine rings is 1. The van der Waals surface area contributed by atoms with Crippen LogP contribution in [0.4, 0.5) is 11.4 Å². The number of hydrogen-bond acceptors (Lipinski definition) is 7. The Morgan fingerprint density at radius 2 is 1.97 bits per heavy atom. The Morgan fingerprint density at radius 1 is 1.20 bits per heavy atom. The van der Waals surface area contributed by atoms with Gasteiger partial charge in [-0.05, 0) is 35.9 Å². The van der Waals surface area contributed by atoms with E-state index in [2.05, 4.69) is 4.90 Å². The number of morpholine rings is 1. The van der Waals surface area contributed by atoms with Crippen LogP contribution in [0.2, 0.25) is 0 Å². The molecule has 0 aliphatic carbocycles. The predicted molar refractivity (Wildman–Crippen MR) is 134 cm³/mol. The number of carboxylic acids is 1. The molecule has 2 aromatic carbocycles. The predicted octanol–water partition coefficient (Wildman–Crippen LogP) is 4.05. The highest BCUT2D eigenvalue weighted by molar-refractivity contribution is 6.06. The van der Waals surface area contributed by atoms with Crippen molar-refractivity contribution in [3.05, 3.63) is 75.0 Å². The van der Waals surface area contributed by atoms with Crippen molar-refractivity contribution in [2.45, 2.75) is 13.5 Å². The van der Waals surface area contributed by atoms with E-state index in [1.165, 1.54) is 0 Å². The van der Waals surface area contributed by atoms with E-state index >= 15 is 0 Å². The highest BCUT2D eigenvalue weighted by Crippen LogP contribution is 2.36. The maximum Gasteiger partial charge on any atom is 0.336 e. The number of carbonyl (C=O) groups is 1. The molecule has 180 valence electrons. The molecule has 35 heavy (non-hydrogen) atoms. The highest BCUT2D eigenvalue weighted by Gasteiger charge is 2.28. The molecule has 0 atom stereocenters. The quantitative estimate of drug-likeness (QED) is 0.436. The third-order valence-corrected chi connectivity index (χ3v) is 6.62. The molecule has 1 aromatic heterocycles. The number of para-hydroxylation sites is 1. The minimum absolute atomic E-state index is 0.0438. The summed E-state index contributed by atoms with van der Waals surface area (Å²) in [6, 6.07) is 12.5. The highest BCUT2D eigenvalue weighted by atomic mass is 16.6. The summed E-state index contributed by atoms with van der Waals surface area (Å²) in [5, 5.41) is 22.6. The van der Waals surface area contributed by atoms with Gasteiger partial charge in [-0.2, -0.15) is 0 Å². The number of likely N-dealkylation sites (N-methyl/N-ethyl adjacent to an activating group) is 1. The van der Waals surface area contributed by atoms with Crippen LogP contribution in [0.5, 0.6) is 0 Å². The van der Waals surface area contributed by atoms with Crippen LogP contribution in [0.3, 0.4) is 0 Å². The molecule has 0 amide bonds. The summed E-state index contributed by atoms with van der Waals surface area (Å²) < 4.78 is 5.38. The number of nitro groups is 1. The van der Waals surface area contributed by atoms with Crippen LogP contribution >= 0.6 is 0 Å². The standard InChI is InChI=1S/C26H26N4O5/c1-2-28-15-18(25-20(16-28)24(26(31)32)19-5-3-4-6-21(19)27-25)13-17-7-8-22(23(14-17)30(33)34)29-9-11-35-12-10-29/h3-8,13-14H,2,9-12,15-16H2,1H3,(H,31,32)/b18-13-. The first-order chi connectivity index (χ1) is 17.0. The number of rotatable bonds is 5. The van der Waals surface area contributed by atoms with Crippen LogP contribution in [-0.4, -0.2) is 65.3 Å². The molecule has 2 aliphatic rings. The van der Waals surface area contributed by atoms with Gasteiger partial charge in [-0.1, -0.05) is 31.2 Å². The van der Waals surface area contributed by atoms with Crippen molar-refractivity contribution < 1.29 is 19.6 Å². The zero-order chi connectivity index (χ0) is 24.5. The number of hydrogen-bond donors (Lipinski definition) is 1. The molecule has 9 heteroatoms. The summed E-state index contributed by atoms with van der Waals surface area (Å²) in [5.41, 5.74) is 4.35. The number of nitro benzene ring substituents is 1. The lowest BCUT2D eigenvalue weighted by molar-refractivity contribution is -0.384. The number of benzene rings is 2. The van der Waals surface area contributed by atoms with Crippen LogP contribution in [0, 0.1) is 10.1 Å². The third kappa shape index (κ3) is 4.36. The van der Waals surface area contributed by atoms with Crippen molar-refractivity contribution in [3.8, 4) is 0 Å². The smallest absolute Gasteiger partial charge is 0.336 e. The minimum atomic E-state index is -0.984. The van der Waals surface area contributed by atoms with Crippen molar-refractivity contribution in [2.75, 3.05) is 44.3 Å². The van der Waals surface area contributed by atoms with Gasteiger partial charge < -0.3 is 14.7 Å². The summed E-state index contributed by atoms with van der Waals surface area (Å²) in [7, 11) is 0. The van der Waals surface area contributed by atoms with Crippen molar-refractivity contribution >= 4 is 39.9 Å². The Bertz CT molecular complexity index is 1350. The van der Waals surface area contributed by atoms with Gasteiger partial charge in [0.25, 0.3) is 5.69 Å². The zero-order valence-corrected chi connectivity index (χ0v) is 19.4. The topological polar surface area (TPSA) is 109 Å². The van der Waals surface area contributed by atoms with E-state index in [4.69, 9.17) is 9.72 Å². The first-order valence-electron chi connectivity index (χ1n) is 11.7. The fraction of sp³-hybridized carbons (Fsp3) is 0.308. The van der Waals surface area contributed by atoms with Crippen molar-refractivity contribution in [1.82, 2.24) is 9.88 Å². The number of ether oxygens (including phenoxy) is 1. The van der Waals surface area contributed by atoms with E-state index in [1.54, 1.807) is 18.2 Å². The van der Waals surface area contributed by atoms with Crippen LogP contribution in [-0.2, 0) is 11.3 Å². The van der Waals surface area contributed by atoms with E-state index in [-0.39, 0.29) is 16.2 Å². The van der Waals surface area contributed by atoms with E-state index in [0.717, 1.165) is 12.1 Å². The maximum atomic E-state index is 12.3. The Balaban J connectivity index is 1.64. The molecular formula is C26H26N4O5. The first kappa shape index (κ1) is 22.9. The number of carboxylic acid groups (broad SMARTS) is 1. The average Bonchev–Trinajstić information content (AvgIpc) is 2.87. The fourth-order valence-electron chi connectivity index (χ4n) is 4.90. The van der Waals surface area contributed by atoms with Gasteiger partial charge >= 0.3 is 5.97 Å². The van der Waals surface area contributed by atoms with Gasteiger partial charge in [0.1, 0.15) is 5.69 Å². The zero-order valence-electron chi connectivity index (χ0n) is 19.4. The van der Waals surface area contributed by atoms with Gasteiger partial charge in [0.05, 0.1) is 34.9 Å².